The first kappa shape index (κ1) is 22.2. The molecule has 1 amide bonds. The number of para-hydroxylation sites is 1. The topological polar surface area (TPSA) is 111 Å². The zero-order chi connectivity index (χ0) is 21.4. The number of benzene rings is 2. The minimum absolute atomic E-state index is 0.0175. The molecule has 2 aromatic carbocycles. The van der Waals surface area contributed by atoms with Crippen LogP contribution in [0.4, 0.5) is 5.69 Å². The van der Waals surface area contributed by atoms with Gasteiger partial charge in [0, 0.05) is 0 Å². The normalized spacial score (nSPS) is 10.9. The third-order valence-corrected chi connectivity index (χ3v) is 4.38. The predicted octanol–water partition coefficient (Wildman–Crippen LogP) is 2.03. The van der Waals surface area contributed by atoms with Crippen LogP contribution in [0.25, 0.3) is 0 Å². The third-order valence-electron chi connectivity index (χ3n) is 3.79. The van der Waals surface area contributed by atoms with Crippen LogP contribution in [0.3, 0.4) is 0 Å². The summed E-state index contributed by atoms with van der Waals surface area (Å²) in [5, 5.41) is 2.59. The summed E-state index contributed by atoms with van der Waals surface area (Å²) in [6, 6.07) is 11.8. The fourth-order valence-electron chi connectivity index (χ4n) is 2.52. The first-order valence-electron chi connectivity index (χ1n) is 8.86. The smallest absolute Gasteiger partial charge is 0.340 e. The number of carbonyl (C=O) groups excluding carboxylic acids is 2. The van der Waals surface area contributed by atoms with E-state index in [2.05, 4.69) is 10.0 Å². The van der Waals surface area contributed by atoms with Gasteiger partial charge in [-0.25, -0.2) is 13.2 Å². The largest absolute Gasteiger partial charge is 0.491 e. The molecule has 0 saturated carbocycles. The molecule has 0 aliphatic heterocycles. The molecule has 2 aromatic rings. The number of aryl methyl sites for hydroxylation is 2. The van der Waals surface area contributed by atoms with E-state index >= 15 is 0 Å². The van der Waals surface area contributed by atoms with Crippen LogP contribution in [0.15, 0.2) is 42.5 Å². The van der Waals surface area contributed by atoms with Crippen molar-refractivity contribution in [2.45, 2.75) is 13.8 Å². The Morgan fingerprint density at radius 2 is 1.79 bits per heavy atom. The Labute approximate surface area is 170 Å². The maximum Gasteiger partial charge on any atom is 0.340 e. The van der Waals surface area contributed by atoms with Crippen molar-refractivity contribution in [3.8, 4) is 5.75 Å². The molecule has 156 valence electrons. The number of ether oxygens (including phenoxy) is 2. The second-order valence-corrected chi connectivity index (χ2v) is 8.21. The van der Waals surface area contributed by atoms with Crippen molar-refractivity contribution in [1.29, 1.82) is 0 Å². The van der Waals surface area contributed by atoms with Crippen LogP contribution >= 0.6 is 0 Å². The van der Waals surface area contributed by atoms with Crippen molar-refractivity contribution in [3.63, 3.8) is 0 Å². The summed E-state index contributed by atoms with van der Waals surface area (Å²) in [7, 11) is -3.56. The number of hydrogen-bond acceptors (Lipinski definition) is 6. The lowest BCUT2D eigenvalue weighted by atomic mass is 10.1. The molecular formula is C20H24N2O6S. The standard InChI is InChI=1S/C20H24N2O6S/c1-14-8-9-18(15(2)12-14)27-11-10-21-19(23)13-28-20(24)16-6-4-5-7-17(16)22-29(3,25)26/h4-9,12,22H,10-11,13H2,1-3H3,(H,21,23). The average molecular weight is 420 g/mol. The highest BCUT2D eigenvalue weighted by molar-refractivity contribution is 7.92. The lowest BCUT2D eigenvalue weighted by Crippen LogP contribution is -2.32. The van der Waals surface area contributed by atoms with Crippen LogP contribution in [-0.4, -0.2) is 46.3 Å². The van der Waals surface area contributed by atoms with E-state index in [0.29, 0.717) is 0 Å². The fraction of sp³-hybridized carbons (Fsp3) is 0.300. The summed E-state index contributed by atoms with van der Waals surface area (Å²) >= 11 is 0. The molecule has 8 nitrogen and oxygen atoms in total. The van der Waals surface area contributed by atoms with E-state index in [1.807, 2.05) is 32.0 Å². The maximum absolute atomic E-state index is 12.2. The van der Waals surface area contributed by atoms with Gasteiger partial charge in [-0.1, -0.05) is 29.8 Å². The van der Waals surface area contributed by atoms with Crippen molar-refractivity contribution in [2.24, 2.45) is 0 Å². The van der Waals surface area contributed by atoms with E-state index < -0.39 is 28.5 Å². The lowest BCUT2D eigenvalue weighted by Gasteiger charge is -2.12. The monoisotopic (exact) mass is 420 g/mol. The van der Waals surface area contributed by atoms with Gasteiger partial charge in [0.15, 0.2) is 6.61 Å². The number of sulfonamides is 1. The van der Waals surface area contributed by atoms with Gasteiger partial charge in [0.05, 0.1) is 24.1 Å². The molecule has 0 unspecified atom stereocenters. The van der Waals surface area contributed by atoms with Gasteiger partial charge in [0.25, 0.3) is 5.91 Å². The molecule has 29 heavy (non-hydrogen) atoms. The molecule has 0 atom stereocenters. The van der Waals surface area contributed by atoms with Gasteiger partial charge < -0.3 is 14.8 Å². The van der Waals surface area contributed by atoms with E-state index in [0.717, 1.165) is 23.1 Å². The van der Waals surface area contributed by atoms with Crippen LogP contribution in [0.5, 0.6) is 5.75 Å². The summed E-state index contributed by atoms with van der Waals surface area (Å²) in [6.07, 6.45) is 0.975. The molecule has 2 N–H and O–H groups in total. The van der Waals surface area contributed by atoms with E-state index in [4.69, 9.17) is 9.47 Å². The van der Waals surface area contributed by atoms with E-state index in [9.17, 15) is 18.0 Å². The molecule has 0 bridgehead atoms. The van der Waals surface area contributed by atoms with Crippen molar-refractivity contribution in [3.05, 3.63) is 59.2 Å². The third kappa shape index (κ3) is 7.46. The van der Waals surface area contributed by atoms with E-state index in [1.54, 1.807) is 12.1 Å². The molecule has 0 heterocycles. The number of anilines is 1. The van der Waals surface area contributed by atoms with Gasteiger partial charge in [0.2, 0.25) is 10.0 Å². The fourth-order valence-corrected chi connectivity index (χ4v) is 3.10. The quantitative estimate of drug-likeness (QED) is 0.474. The van der Waals surface area contributed by atoms with Gasteiger partial charge in [-0.2, -0.15) is 0 Å². The Balaban J connectivity index is 1.78. The van der Waals surface area contributed by atoms with E-state index in [-0.39, 0.29) is 24.4 Å². The summed E-state index contributed by atoms with van der Waals surface area (Å²) in [5.41, 5.74) is 2.25. The summed E-state index contributed by atoms with van der Waals surface area (Å²) in [4.78, 5) is 24.0. The Morgan fingerprint density at radius 1 is 1.07 bits per heavy atom. The SMILES string of the molecule is Cc1ccc(OCCNC(=O)COC(=O)c2ccccc2NS(C)(=O)=O)c(C)c1. The van der Waals surface area contributed by atoms with Gasteiger partial charge >= 0.3 is 5.97 Å². The number of hydrogen-bond donors (Lipinski definition) is 2. The van der Waals surface area contributed by atoms with Crippen LogP contribution < -0.4 is 14.8 Å². The van der Waals surface area contributed by atoms with Crippen molar-refractivity contribution < 1.29 is 27.5 Å². The second-order valence-electron chi connectivity index (χ2n) is 6.46. The molecule has 0 aliphatic rings. The molecule has 2 rings (SSSR count). The Hall–Kier alpha value is -3.07. The van der Waals surface area contributed by atoms with Gasteiger partial charge in [-0.05, 0) is 37.6 Å². The molecule has 0 radical (unpaired) electrons. The number of amides is 1. The maximum atomic E-state index is 12.2. The van der Waals surface area contributed by atoms with Crippen LogP contribution in [0.1, 0.15) is 21.5 Å². The molecule has 0 saturated heterocycles. The van der Waals surface area contributed by atoms with Crippen molar-refractivity contribution >= 4 is 27.6 Å². The number of esters is 1. The molecule has 0 aliphatic carbocycles. The Morgan fingerprint density at radius 3 is 2.48 bits per heavy atom. The first-order chi connectivity index (χ1) is 13.7. The minimum atomic E-state index is -3.56. The van der Waals surface area contributed by atoms with E-state index in [1.165, 1.54) is 12.1 Å². The molecular weight excluding hydrogens is 396 g/mol. The Bertz CT molecular complexity index is 988. The minimum Gasteiger partial charge on any atom is -0.491 e. The molecule has 0 aromatic heterocycles. The molecule has 0 fully saturated rings. The number of nitrogens with one attached hydrogen (secondary N) is 2. The highest BCUT2D eigenvalue weighted by atomic mass is 32.2. The lowest BCUT2D eigenvalue weighted by molar-refractivity contribution is -0.124. The molecule has 0 spiro atoms. The van der Waals surface area contributed by atoms with Crippen molar-refractivity contribution in [1.82, 2.24) is 5.32 Å². The first-order valence-corrected chi connectivity index (χ1v) is 10.8. The summed E-state index contributed by atoms with van der Waals surface area (Å²) in [6.45, 7) is 3.96. The summed E-state index contributed by atoms with van der Waals surface area (Å²) < 4.78 is 35.6. The van der Waals surface area contributed by atoms with Crippen LogP contribution in [0, 0.1) is 13.8 Å². The Kier molecular flexibility index (Phi) is 7.60. The number of carbonyl (C=O) groups is 2. The number of rotatable bonds is 9. The highest BCUT2D eigenvalue weighted by Crippen LogP contribution is 2.18. The van der Waals surface area contributed by atoms with Crippen molar-refractivity contribution in [2.75, 3.05) is 30.7 Å². The zero-order valence-electron chi connectivity index (χ0n) is 16.5. The average Bonchev–Trinajstić information content (AvgIpc) is 2.64. The second kappa shape index (κ2) is 9.92. The van der Waals surface area contributed by atoms with Crippen LogP contribution in [-0.2, 0) is 19.6 Å². The molecule has 9 heteroatoms. The highest BCUT2D eigenvalue weighted by Gasteiger charge is 2.16. The van der Waals surface area contributed by atoms with Gasteiger partial charge in [-0.15, -0.1) is 0 Å². The van der Waals surface area contributed by atoms with Crippen LogP contribution in [0.2, 0.25) is 0 Å². The van der Waals surface area contributed by atoms with Gasteiger partial charge in [-0.3, -0.25) is 9.52 Å². The predicted molar refractivity (Wildman–Crippen MR) is 110 cm³/mol. The summed E-state index contributed by atoms with van der Waals surface area (Å²) in [5.74, 6) is -0.555. The zero-order valence-corrected chi connectivity index (χ0v) is 17.3. The van der Waals surface area contributed by atoms with Gasteiger partial charge in [0.1, 0.15) is 12.4 Å².